The Bertz CT molecular complexity index is 1910. The number of benzene rings is 3. The Morgan fingerprint density at radius 1 is 1.11 bits per heavy atom. The van der Waals surface area contributed by atoms with Crippen LogP contribution in [0, 0.1) is 12.3 Å². The maximum atomic E-state index is 13.8. The van der Waals surface area contributed by atoms with Gasteiger partial charge in [-0.1, -0.05) is 24.1 Å². The van der Waals surface area contributed by atoms with Crippen LogP contribution in [0.1, 0.15) is 24.4 Å². The molecule has 6 rings (SSSR count). The Labute approximate surface area is 200 Å². The summed E-state index contributed by atoms with van der Waals surface area (Å²) in [4.78, 5) is 16.7. The molecule has 5 aromatic rings. The fourth-order valence-electron chi connectivity index (χ4n) is 4.81. The van der Waals surface area contributed by atoms with Gasteiger partial charge in [0.2, 0.25) is 0 Å². The van der Waals surface area contributed by atoms with Crippen LogP contribution in [0.2, 0.25) is 0 Å². The topological polar surface area (TPSA) is 81.2 Å². The van der Waals surface area contributed by atoms with Crippen LogP contribution in [-0.2, 0) is 10.2 Å². The molecule has 1 aliphatic rings. The van der Waals surface area contributed by atoms with E-state index in [1.165, 1.54) is 25.3 Å². The largest absolute Gasteiger partial charge is 0.496 e. The molecule has 6 nitrogen and oxygen atoms in total. The van der Waals surface area contributed by atoms with Gasteiger partial charge in [0.1, 0.15) is 11.4 Å². The highest BCUT2D eigenvalue weighted by Crippen LogP contribution is 2.43. The molecule has 174 valence electrons. The molecule has 0 radical (unpaired) electrons. The first-order valence-electron chi connectivity index (χ1n) is 11.0. The number of aromatic nitrogens is 2. The number of nitrogens with zero attached hydrogens (tertiary/aromatic N) is 1. The number of aromatic amines is 1. The third-order valence-electron chi connectivity index (χ3n) is 6.57. The van der Waals surface area contributed by atoms with Crippen molar-refractivity contribution in [3.8, 4) is 29.2 Å². The molecule has 0 spiro atoms. The van der Waals surface area contributed by atoms with Gasteiger partial charge in [-0.15, -0.1) is 10.3 Å². The third kappa shape index (κ3) is 3.31. The average molecular weight is 487 g/mol. The van der Waals surface area contributed by atoms with Crippen molar-refractivity contribution in [1.82, 2.24) is 9.55 Å². The van der Waals surface area contributed by atoms with Gasteiger partial charge in [-0.05, 0) is 54.8 Å². The number of terminal acetylenes is 1. The maximum Gasteiger partial charge on any atom is 0.332 e. The van der Waals surface area contributed by atoms with Crippen LogP contribution in [0.25, 0.3) is 44.0 Å². The molecule has 3 aromatic carbocycles. The fourth-order valence-corrected chi connectivity index (χ4v) is 5.32. The summed E-state index contributed by atoms with van der Waals surface area (Å²) in [5, 5.41) is 1.87. The molecule has 0 unspecified atom stereocenters. The molecule has 0 amide bonds. The first-order valence-corrected chi connectivity index (χ1v) is 12.4. The van der Waals surface area contributed by atoms with Crippen molar-refractivity contribution >= 4 is 43.1 Å². The standard InChI is InChI=1S/C27H19FN2O4S/c1-3-15-7-10-19-22(11-15)29-27-25(19)26(31)21-14-24(34-2)20(13-23(21)30(27)17-8-9-17)16-5-4-6-18(12-16)35(28,32)33/h1,4-7,10-14,17,29H,8-9H2,2H3. The smallest absolute Gasteiger partial charge is 0.332 e. The zero-order valence-corrected chi connectivity index (χ0v) is 19.4. The fraction of sp³-hybridized carbons (Fsp3) is 0.148. The van der Waals surface area contributed by atoms with E-state index in [-0.39, 0.29) is 11.5 Å². The number of rotatable bonds is 4. The number of hydrogen-bond donors (Lipinski definition) is 1. The molecule has 35 heavy (non-hydrogen) atoms. The van der Waals surface area contributed by atoms with E-state index in [1.807, 2.05) is 24.3 Å². The number of ether oxygens (including phenoxy) is 1. The lowest BCUT2D eigenvalue weighted by molar-refractivity contribution is 0.417. The predicted molar refractivity (Wildman–Crippen MR) is 134 cm³/mol. The predicted octanol–water partition coefficient (Wildman–Crippen LogP) is 5.29. The minimum atomic E-state index is -4.88. The van der Waals surface area contributed by atoms with Gasteiger partial charge in [0, 0.05) is 28.1 Å². The Hall–Kier alpha value is -4.09. The lowest BCUT2D eigenvalue weighted by atomic mass is 10.0. The highest BCUT2D eigenvalue weighted by atomic mass is 32.3. The van der Waals surface area contributed by atoms with Gasteiger partial charge in [-0.25, -0.2) is 0 Å². The minimum absolute atomic E-state index is 0.142. The average Bonchev–Trinajstić information content (AvgIpc) is 3.62. The Morgan fingerprint density at radius 3 is 2.60 bits per heavy atom. The quantitative estimate of drug-likeness (QED) is 0.277. The van der Waals surface area contributed by atoms with E-state index in [9.17, 15) is 17.1 Å². The first kappa shape index (κ1) is 21.4. The number of nitrogens with one attached hydrogen (secondary N) is 1. The number of pyridine rings is 1. The molecule has 2 heterocycles. The normalized spacial score (nSPS) is 14.0. The molecule has 0 atom stereocenters. The van der Waals surface area contributed by atoms with E-state index in [0.717, 1.165) is 23.7 Å². The first-order chi connectivity index (χ1) is 16.8. The van der Waals surface area contributed by atoms with Gasteiger partial charge in [-0.3, -0.25) is 4.79 Å². The Balaban J connectivity index is 1.73. The zero-order valence-electron chi connectivity index (χ0n) is 18.6. The van der Waals surface area contributed by atoms with E-state index in [4.69, 9.17) is 11.2 Å². The van der Waals surface area contributed by atoms with E-state index >= 15 is 0 Å². The van der Waals surface area contributed by atoms with E-state index < -0.39 is 15.1 Å². The Kier molecular flexibility index (Phi) is 4.57. The zero-order chi connectivity index (χ0) is 24.5. The molecule has 1 aliphatic carbocycles. The maximum absolute atomic E-state index is 13.8. The molecule has 0 saturated heterocycles. The summed E-state index contributed by atoms with van der Waals surface area (Å²) >= 11 is 0. The number of hydrogen-bond acceptors (Lipinski definition) is 4. The van der Waals surface area contributed by atoms with Crippen LogP contribution in [0.15, 0.2) is 64.3 Å². The number of halogens is 1. The van der Waals surface area contributed by atoms with Gasteiger partial charge < -0.3 is 14.3 Å². The van der Waals surface area contributed by atoms with Gasteiger partial charge in [-0.2, -0.15) is 8.42 Å². The van der Waals surface area contributed by atoms with E-state index in [2.05, 4.69) is 15.5 Å². The summed E-state index contributed by atoms with van der Waals surface area (Å²) in [7, 11) is -3.40. The second-order valence-corrected chi connectivity index (χ2v) is 10.1. The summed E-state index contributed by atoms with van der Waals surface area (Å²) in [6.07, 6.45) is 7.50. The van der Waals surface area contributed by atoms with Crippen LogP contribution in [0.5, 0.6) is 5.75 Å². The van der Waals surface area contributed by atoms with Crippen molar-refractivity contribution in [3.63, 3.8) is 0 Å². The molecule has 8 heteroatoms. The Morgan fingerprint density at radius 2 is 1.91 bits per heavy atom. The van der Waals surface area contributed by atoms with Crippen molar-refractivity contribution in [3.05, 3.63) is 70.4 Å². The van der Waals surface area contributed by atoms with Crippen molar-refractivity contribution in [2.24, 2.45) is 0 Å². The molecule has 2 aromatic heterocycles. The molecule has 1 saturated carbocycles. The lowest BCUT2D eigenvalue weighted by Gasteiger charge is -2.16. The number of H-pyrrole nitrogens is 1. The summed E-state index contributed by atoms with van der Waals surface area (Å²) in [5.74, 6) is 3.01. The molecule has 0 bridgehead atoms. The lowest BCUT2D eigenvalue weighted by Crippen LogP contribution is -2.11. The summed E-state index contributed by atoms with van der Waals surface area (Å²) in [6, 6.07) is 14.9. The van der Waals surface area contributed by atoms with Crippen LogP contribution < -0.4 is 10.2 Å². The highest BCUT2D eigenvalue weighted by Gasteiger charge is 2.29. The summed E-state index contributed by atoms with van der Waals surface area (Å²) in [6.45, 7) is 0. The van der Waals surface area contributed by atoms with Crippen molar-refractivity contribution in [2.75, 3.05) is 7.11 Å². The molecule has 1 fully saturated rings. The van der Waals surface area contributed by atoms with Gasteiger partial charge in [0.15, 0.2) is 5.43 Å². The molecular weight excluding hydrogens is 467 g/mol. The van der Waals surface area contributed by atoms with Crippen LogP contribution in [0.3, 0.4) is 0 Å². The third-order valence-corrected chi connectivity index (χ3v) is 7.39. The van der Waals surface area contributed by atoms with E-state index in [1.54, 1.807) is 12.1 Å². The van der Waals surface area contributed by atoms with Gasteiger partial charge in [0.05, 0.1) is 28.3 Å². The van der Waals surface area contributed by atoms with Gasteiger partial charge in [0.25, 0.3) is 0 Å². The summed E-state index contributed by atoms with van der Waals surface area (Å²) < 4.78 is 44.4. The van der Waals surface area contributed by atoms with Crippen LogP contribution >= 0.6 is 0 Å². The second kappa shape index (κ2) is 7.45. The van der Waals surface area contributed by atoms with Crippen molar-refractivity contribution < 1.29 is 17.0 Å². The molecular formula is C27H19FN2O4S. The number of fused-ring (bicyclic) bond motifs is 4. The SMILES string of the molecule is C#Cc1ccc2c(c1)[nH]c1c2c(=O)c2cc(OC)c(-c3cccc(S(=O)(=O)F)c3)cc2n1C1CC1. The van der Waals surface area contributed by atoms with E-state index in [0.29, 0.717) is 44.4 Å². The highest BCUT2D eigenvalue weighted by molar-refractivity contribution is 7.86. The second-order valence-electron chi connectivity index (χ2n) is 8.72. The molecule has 1 N–H and O–H groups in total. The van der Waals surface area contributed by atoms with Gasteiger partial charge >= 0.3 is 10.2 Å². The summed E-state index contributed by atoms with van der Waals surface area (Å²) in [5.41, 5.74) is 3.79. The monoisotopic (exact) mass is 486 g/mol. The minimum Gasteiger partial charge on any atom is -0.496 e. The van der Waals surface area contributed by atoms with Crippen LogP contribution in [-0.4, -0.2) is 25.1 Å². The number of methoxy groups -OCH3 is 1. The van der Waals surface area contributed by atoms with Crippen molar-refractivity contribution in [2.45, 2.75) is 23.8 Å². The van der Waals surface area contributed by atoms with Crippen molar-refractivity contribution in [1.29, 1.82) is 0 Å². The van der Waals surface area contributed by atoms with Crippen LogP contribution in [0.4, 0.5) is 3.89 Å². The molecule has 0 aliphatic heterocycles.